The largest absolute Gasteiger partial charge is 0.459 e. The molecule has 0 aliphatic heterocycles. The van der Waals surface area contributed by atoms with Gasteiger partial charge in [0.1, 0.15) is 6.61 Å². The van der Waals surface area contributed by atoms with Crippen LogP contribution in [0, 0.1) is 0 Å². The minimum atomic E-state index is -4.82. The van der Waals surface area contributed by atoms with Crippen molar-refractivity contribution < 1.29 is 31.5 Å². The molecule has 0 aliphatic rings. The van der Waals surface area contributed by atoms with E-state index in [2.05, 4.69) is 11.3 Å². The molecular weight excluding hydrogens is 211 g/mol. The Morgan fingerprint density at radius 2 is 1.93 bits per heavy atom. The molecule has 0 amide bonds. The average molecular weight is 218 g/mol. The fourth-order valence-corrected chi connectivity index (χ4v) is 0.462. The Kier molecular flexibility index (Phi) is 4.52. The van der Waals surface area contributed by atoms with Gasteiger partial charge in [-0.15, -0.1) is 0 Å². The lowest BCUT2D eigenvalue weighted by Crippen LogP contribution is -2.40. The second-order valence-corrected chi connectivity index (χ2v) is 2.28. The highest BCUT2D eigenvalue weighted by Gasteiger charge is 2.50. The summed E-state index contributed by atoms with van der Waals surface area (Å²) in [4.78, 5) is 10.3. The van der Waals surface area contributed by atoms with Gasteiger partial charge in [-0.1, -0.05) is 6.58 Å². The van der Waals surface area contributed by atoms with Gasteiger partial charge >= 0.3 is 18.3 Å². The van der Waals surface area contributed by atoms with Gasteiger partial charge in [0.25, 0.3) is 0 Å². The predicted molar refractivity (Wildman–Crippen MR) is 37.0 cm³/mol. The molecule has 82 valence electrons. The summed E-state index contributed by atoms with van der Waals surface area (Å²) in [6, 6.07) is 0. The molecule has 0 saturated carbocycles. The van der Waals surface area contributed by atoms with Crippen LogP contribution >= 0.6 is 0 Å². The molecule has 1 atom stereocenters. The highest BCUT2D eigenvalue weighted by Crippen LogP contribution is 2.29. The second kappa shape index (κ2) is 4.92. The Morgan fingerprint density at radius 3 is 2.29 bits per heavy atom. The molecule has 0 rings (SSSR count). The van der Waals surface area contributed by atoms with E-state index in [0.717, 1.165) is 0 Å². The third-order valence-corrected chi connectivity index (χ3v) is 1.25. The molecule has 2 nitrogen and oxygen atoms in total. The highest BCUT2D eigenvalue weighted by molar-refractivity contribution is 5.81. The number of ether oxygens (including phenoxy) is 1. The number of carbonyl (C=O) groups is 1. The number of hydrogen-bond acceptors (Lipinski definition) is 2. The molecule has 0 heterocycles. The Hall–Kier alpha value is -1.14. The van der Waals surface area contributed by atoms with Gasteiger partial charge in [-0.3, -0.25) is 0 Å². The topological polar surface area (TPSA) is 26.3 Å². The van der Waals surface area contributed by atoms with E-state index in [0.29, 0.717) is 6.08 Å². The quantitative estimate of drug-likeness (QED) is 0.400. The van der Waals surface area contributed by atoms with E-state index in [-0.39, 0.29) is 0 Å². The summed E-state index contributed by atoms with van der Waals surface area (Å²) in [5, 5.41) is 0. The molecule has 0 saturated heterocycles. The van der Waals surface area contributed by atoms with Crippen LogP contribution in [0.2, 0.25) is 0 Å². The molecule has 0 fully saturated rings. The number of rotatable bonds is 5. The summed E-state index contributed by atoms with van der Waals surface area (Å²) in [6.07, 6.45) is -6.76. The van der Waals surface area contributed by atoms with E-state index in [1.54, 1.807) is 0 Å². The van der Waals surface area contributed by atoms with E-state index in [1.807, 2.05) is 0 Å². The summed E-state index contributed by atoms with van der Waals surface area (Å²) >= 11 is 0. The molecule has 1 unspecified atom stereocenters. The first kappa shape index (κ1) is 12.9. The molecule has 0 radical (unpaired) electrons. The van der Waals surface area contributed by atoms with Crippen LogP contribution in [-0.4, -0.2) is 31.1 Å². The SMILES string of the molecule is C=CC(=O)OCC(F)C(F)(F)C(F)F. The number of halogens is 5. The zero-order valence-electron chi connectivity index (χ0n) is 6.85. The maximum Gasteiger partial charge on any atom is 0.341 e. The molecule has 0 bridgehead atoms. The van der Waals surface area contributed by atoms with Gasteiger partial charge in [0.2, 0.25) is 6.17 Å². The third kappa shape index (κ3) is 3.31. The Balaban J connectivity index is 4.13. The normalized spacial score (nSPS) is 13.9. The van der Waals surface area contributed by atoms with Crippen molar-refractivity contribution in [1.82, 2.24) is 0 Å². The highest BCUT2D eigenvalue weighted by atomic mass is 19.3. The van der Waals surface area contributed by atoms with Crippen molar-refractivity contribution in [2.45, 2.75) is 18.5 Å². The predicted octanol–water partition coefficient (Wildman–Crippen LogP) is 1.95. The first-order valence-electron chi connectivity index (χ1n) is 3.41. The van der Waals surface area contributed by atoms with Gasteiger partial charge in [0, 0.05) is 6.08 Å². The molecule has 0 aliphatic carbocycles. The van der Waals surface area contributed by atoms with Crippen molar-refractivity contribution in [3.8, 4) is 0 Å². The first-order valence-corrected chi connectivity index (χ1v) is 3.41. The van der Waals surface area contributed by atoms with Crippen molar-refractivity contribution in [3.63, 3.8) is 0 Å². The molecule has 0 spiro atoms. The zero-order valence-corrected chi connectivity index (χ0v) is 6.85. The van der Waals surface area contributed by atoms with Crippen molar-refractivity contribution in [3.05, 3.63) is 12.7 Å². The van der Waals surface area contributed by atoms with E-state index in [9.17, 15) is 26.7 Å². The zero-order chi connectivity index (χ0) is 11.4. The average Bonchev–Trinajstić information content (AvgIpc) is 2.12. The maximum absolute atomic E-state index is 12.4. The smallest absolute Gasteiger partial charge is 0.341 e. The van der Waals surface area contributed by atoms with Gasteiger partial charge in [-0.05, 0) is 0 Å². The minimum absolute atomic E-state index is 0.604. The van der Waals surface area contributed by atoms with Gasteiger partial charge in [-0.25, -0.2) is 18.0 Å². The molecule has 0 N–H and O–H groups in total. The fourth-order valence-electron chi connectivity index (χ4n) is 0.462. The first-order chi connectivity index (χ1) is 6.32. The van der Waals surface area contributed by atoms with E-state index in [4.69, 9.17) is 0 Å². The summed E-state index contributed by atoms with van der Waals surface area (Å²) in [5.41, 5.74) is 0. The lowest BCUT2D eigenvalue weighted by molar-refractivity contribution is -0.184. The molecule has 14 heavy (non-hydrogen) atoms. The summed E-state index contributed by atoms with van der Waals surface area (Å²) in [5.74, 6) is -5.97. The van der Waals surface area contributed by atoms with Crippen molar-refractivity contribution >= 4 is 5.97 Å². The summed E-state index contributed by atoms with van der Waals surface area (Å²) in [7, 11) is 0. The fraction of sp³-hybridized carbons (Fsp3) is 0.571. The van der Waals surface area contributed by atoms with Crippen LogP contribution in [0.3, 0.4) is 0 Å². The number of esters is 1. The van der Waals surface area contributed by atoms with Gasteiger partial charge in [-0.2, -0.15) is 8.78 Å². The maximum atomic E-state index is 12.4. The number of carbonyl (C=O) groups excluding carboxylic acids is 1. The second-order valence-electron chi connectivity index (χ2n) is 2.28. The molecule has 7 heteroatoms. The van der Waals surface area contributed by atoms with Crippen molar-refractivity contribution in [2.75, 3.05) is 6.61 Å². The molecular formula is C7H7F5O2. The van der Waals surface area contributed by atoms with Crippen LogP contribution in [0.15, 0.2) is 12.7 Å². The van der Waals surface area contributed by atoms with Crippen LogP contribution in [0.5, 0.6) is 0 Å². The van der Waals surface area contributed by atoms with Crippen molar-refractivity contribution in [1.29, 1.82) is 0 Å². The standard InChI is InChI=1S/C7H7F5O2/c1-2-5(13)14-3-4(8)7(11,12)6(9)10/h2,4,6H,1,3H2. The van der Waals surface area contributed by atoms with Gasteiger partial charge in [0.05, 0.1) is 0 Å². The van der Waals surface area contributed by atoms with E-state index < -0.39 is 31.1 Å². The summed E-state index contributed by atoms with van der Waals surface area (Å²) < 4.78 is 63.6. The van der Waals surface area contributed by atoms with Crippen LogP contribution in [0.4, 0.5) is 22.0 Å². The lowest BCUT2D eigenvalue weighted by Gasteiger charge is -2.18. The van der Waals surface area contributed by atoms with Crippen LogP contribution in [-0.2, 0) is 9.53 Å². The third-order valence-electron chi connectivity index (χ3n) is 1.25. The Morgan fingerprint density at radius 1 is 1.43 bits per heavy atom. The molecule has 0 aromatic carbocycles. The van der Waals surface area contributed by atoms with Crippen LogP contribution in [0.1, 0.15) is 0 Å². The lowest BCUT2D eigenvalue weighted by atomic mass is 10.2. The number of hydrogen-bond donors (Lipinski definition) is 0. The Bertz CT molecular complexity index is 216. The molecule has 0 aromatic heterocycles. The minimum Gasteiger partial charge on any atom is -0.459 e. The van der Waals surface area contributed by atoms with Crippen LogP contribution < -0.4 is 0 Å². The van der Waals surface area contributed by atoms with Crippen molar-refractivity contribution in [2.24, 2.45) is 0 Å². The van der Waals surface area contributed by atoms with E-state index >= 15 is 0 Å². The molecule has 0 aromatic rings. The van der Waals surface area contributed by atoms with E-state index in [1.165, 1.54) is 0 Å². The number of alkyl halides is 5. The summed E-state index contributed by atoms with van der Waals surface area (Å²) in [6.45, 7) is 1.47. The van der Waals surface area contributed by atoms with Gasteiger partial charge in [0.15, 0.2) is 0 Å². The van der Waals surface area contributed by atoms with Gasteiger partial charge < -0.3 is 4.74 Å². The monoisotopic (exact) mass is 218 g/mol. The van der Waals surface area contributed by atoms with Crippen LogP contribution in [0.25, 0.3) is 0 Å². The Labute approximate surface area is 76.3 Å².